The summed E-state index contributed by atoms with van der Waals surface area (Å²) >= 11 is 0. The van der Waals surface area contributed by atoms with Gasteiger partial charge in [-0.2, -0.15) is 0 Å². The van der Waals surface area contributed by atoms with Gasteiger partial charge in [-0.1, -0.05) is 30.3 Å². The minimum absolute atomic E-state index is 0.0555. The lowest BCUT2D eigenvalue weighted by molar-refractivity contribution is -0.128. The Hall–Kier alpha value is -1.47. The van der Waals surface area contributed by atoms with Crippen LogP contribution in [0.3, 0.4) is 0 Å². The molecule has 0 spiro atoms. The van der Waals surface area contributed by atoms with Crippen LogP contribution in [0.2, 0.25) is 0 Å². The molecule has 3 heterocycles. The first-order valence-corrected chi connectivity index (χ1v) is 11.2. The van der Waals surface area contributed by atoms with Crippen molar-refractivity contribution in [2.45, 2.75) is 31.9 Å². The highest BCUT2D eigenvalue weighted by Crippen LogP contribution is 2.25. The number of benzene rings is 1. The predicted octanol–water partition coefficient (Wildman–Crippen LogP) is 1.75. The minimum atomic E-state index is 0.0555. The second kappa shape index (κ2) is 10.5. The molecule has 1 aromatic carbocycles. The third kappa shape index (κ3) is 6.25. The normalized spacial score (nSPS) is 29.0. The van der Waals surface area contributed by atoms with Crippen LogP contribution in [0, 0.1) is 11.8 Å². The predicted molar refractivity (Wildman–Crippen MR) is 113 cm³/mol. The fraction of sp³-hybridized carbons (Fsp3) is 0.696. The van der Waals surface area contributed by atoms with E-state index in [0.717, 1.165) is 78.4 Å². The summed E-state index contributed by atoms with van der Waals surface area (Å²) in [6, 6.07) is 10.6. The van der Waals surface area contributed by atoms with Gasteiger partial charge in [0.25, 0.3) is 0 Å². The van der Waals surface area contributed by atoms with Gasteiger partial charge in [-0.25, -0.2) is 0 Å². The van der Waals surface area contributed by atoms with Gasteiger partial charge in [-0.05, 0) is 30.7 Å². The van der Waals surface area contributed by atoms with Gasteiger partial charge in [0.1, 0.15) is 0 Å². The van der Waals surface area contributed by atoms with Crippen LogP contribution in [-0.2, 0) is 20.8 Å². The van der Waals surface area contributed by atoms with Gasteiger partial charge in [0.15, 0.2) is 0 Å². The Labute approximate surface area is 174 Å². The molecule has 1 unspecified atom stereocenters. The number of piperidine rings is 1. The van der Waals surface area contributed by atoms with Crippen molar-refractivity contribution in [3.63, 3.8) is 0 Å². The van der Waals surface area contributed by atoms with Crippen LogP contribution in [0.5, 0.6) is 0 Å². The molecule has 3 aliphatic rings. The Kier molecular flexibility index (Phi) is 7.55. The smallest absolute Gasteiger partial charge is 0.224 e. The lowest BCUT2D eigenvalue weighted by atomic mass is 9.87. The number of hydrogen-bond acceptors (Lipinski definition) is 5. The van der Waals surface area contributed by atoms with E-state index >= 15 is 0 Å². The number of ether oxygens (including phenoxy) is 2. The van der Waals surface area contributed by atoms with Gasteiger partial charge in [0, 0.05) is 52.4 Å². The van der Waals surface area contributed by atoms with Crippen molar-refractivity contribution < 1.29 is 14.3 Å². The van der Waals surface area contributed by atoms with Crippen molar-refractivity contribution in [3.05, 3.63) is 35.9 Å². The quantitative estimate of drug-likeness (QED) is 0.755. The van der Waals surface area contributed by atoms with E-state index in [1.165, 1.54) is 5.56 Å². The van der Waals surface area contributed by atoms with Crippen LogP contribution in [-0.4, -0.2) is 80.9 Å². The molecule has 3 saturated heterocycles. The summed E-state index contributed by atoms with van der Waals surface area (Å²) in [6.45, 7) is 9.01. The molecule has 0 saturated carbocycles. The fourth-order valence-electron chi connectivity index (χ4n) is 4.91. The molecule has 6 nitrogen and oxygen atoms in total. The monoisotopic (exact) mass is 401 g/mol. The van der Waals surface area contributed by atoms with Crippen molar-refractivity contribution in [3.8, 4) is 0 Å². The Morgan fingerprint density at radius 3 is 2.66 bits per heavy atom. The standard InChI is InChI=1S/C23H35N3O3/c27-23(24-14-22-7-4-10-29-22)21-13-20(16-25-8-11-28-12-9-25)17-26(18-21)15-19-5-2-1-3-6-19/h1-3,5-6,20-22H,4,7-18H2,(H,24,27)/t20-,21-,22?/m1/s1. The summed E-state index contributed by atoms with van der Waals surface area (Å²) in [4.78, 5) is 17.9. The molecular formula is C23H35N3O3. The summed E-state index contributed by atoms with van der Waals surface area (Å²) in [5.74, 6) is 0.772. The lowest BCUT2D eigenvalue weighted by Crippen LogP contribution is -2.50. The van der Waals surface area contributed by atoms with E-state index in [1.807, 2.05) is 0 Å². The molecule has 1 aromatic rings. The van der Waals surface area contributed by atoms with Gasteiger partial charge in [-0.3, -0.25) is 14.6 Å². The summed E-state index contributed by atoms with van der Waals surface area (Å²) in [7, 11) is 0. The van der Waals surface area contributed by atoms with Crippen molar-refractivity contribution in [1.82, 2.24) is 15.1 Å². The first kappa shape index (κ1) is 20.8. The molecule has 0 aliphatic carbocycles. The van der Waals surface area contributed by atoms with Crippen molar-refractivity contribution in [2.75, 3.05) is 59.1 Å². The molecule has 6 heteroatoms. The number of carbonyl (C=O) groups is 1. The maximum absolute atomic E-state index is 13.0. The molecular weight excluding hydrogens is 366 g/mol. The van der Waals surface area contributed by atoms with Crippen molar-refractivity contribution in [2.24, 2.45) is 11.8 Å². The molecule has 1 amide bonds. The summed E-state index contributed by atoms with van der Waals surface area (Å²) in [6.07, 6.45) is 3.34. The lowest BCUT2D eigenvalue weighted by Gasteiger charge is -2.40. The number of carbonyl (C=O) groups excluding carboxylic acids is 1. The van der Waals surface area contributed by atoms with E-state index in [0.29, 0.717) is 12.5 Å². The number of rotatable bonds is 7. The fourth-order valence-corrected chi connectivity index (χ4v) is 4.91. The van der Waals surface area contributed by atoms with E-state index in [2.05, 4.69) is 45.4 Å². The van der Waals surface area contributed by atoms with Crippen LogP contribution in [0.15, 0.2) is 30.3 Å². The number of likely N-dealkylation sites (tertiary alicyclic amines) is 1. The molecule has 1 N–H and O–H groups in total. The number of hydrogen-bond donors (Lipinski definition) is 1. The van der Waals surface area contributed by atoms with Gasteiger partial charge in [0.05, 0.1) is 25.2 Å². The van der Waals surface area contributed by atoms with Gasteiger partial charge in [0.2, 0.25) is 5.91 Å². The maximum Gasteiger partial charge on any atom is 0.224 e. The molecule has 0 radical (unpaired) electrons. The van der Waals surface area contributed by atoms with Crippen LogP contribution >= 0.6 is 0 Å². The van der Waals surface area contributed by atoms with Gasteiger partial charge >= 0.3 is 0 Å². The van der Waals surface area contributed by atoms with E-state index in [4.69, 9.17) is 9.47 Å². The van der Waals surface area contributed by atoms with E-state index in [1.54, 1.807) is 0 Å². The highest BCUT2D eigenvalue weighted by Gasteiger charge is 2.33. The summed E-state index contributed by atoms with van der Waals surface area (Å²) in [5.41, 5.74) is 1.32. The summed E-state index contributed by atoms with van der Waals surface area (Å²) < 4.78 is 11.2. The van der Waals surface area contributed by atoms with Gasteiger partial charge in [-0.15, -0.1) is 0 Å². The minimum Gasteiger partial charge on any atom is -0.379 e. The third-order valence-electron chi connectivity index (χ3n) is 6.38. The largest absolute Gasteiger partial charge is 0.379 e. The van der Waals surface area contributed by atoms with Crippen molar-refractivity contribution in [1.29, 1.82) is 0 Å². The topological polar surface area (TPSA) is 54.0 Å². The average Bonchev–Trinajstić information content (AvgIpc) is 3.27. The first-order chi connectivity index (χ1) is 14.3. The summed E-state index contributed by atoms with van der Waals surface area (Å²) in [5, 5.41) is 3.18. The third-order valence-corrected chi connectivity index (χ3v) is 6.38. The van der Waals surface area contributed by atoms with E-state index in [-0.39, 0.29) is 17.9 Å². The number of amides is 1. The SMILES string of the molecule is O=C(NCC1CCCO1)[C@@H]1C[C@H](CN2CCOCC2)CN(Cc2ccccc2)C1. The van der Waals surface area contributed by atoms with Crippen molar-refractivity contribution >= 4 is 5.91 Å². The highest BCUT2D eigenvalue weighted by atomic mass is 16.5. The Bertz CT molecular complexity index is 630. The molecule has 0 aromatic heterocycles. The molecule has 3 fully saturated rings. The van der Waals surface area contributed by atoms with E-state index in [9.17, 15) is 4.79 Å². The van der Waals surface area contributed by atoms with Gasteiger partial charge < -0.3 is 14.8 Å². The Morgan fingerprint density at radius 1 is 1.07 bits per heavy atom. The number of nitrogens with one attached hydrogen (secondary N) is 1. The maximum atomic E-state index is 13.0. The van der Waals surface area contributed by atoms with E-state index < -0.39 is 0 Å². The van der Waals surface area contributed by atoms with Crippen LogP contribution < -0.4 is 5.32 Å². The molecule has 3 atom stereocenters. The Morgan fingerprint density at radius 2 is 1.90 bits per heavy atom. The van der Waals surface area contributed by atoms with Crippen LogP contribution in [0.1, 0.15) is 24.8 Å². The second-order valence-electron chi connectivity index (χ2n) is 8.77. The molecule has 4 rings (SSSR count). The zero-order valence-electron chi connectivity index (χ0n) is 17.4. The average molecular weight is 402 g/mol. The first-order valence-electron chi connectivity index (χ1n) is 11.2. The molecule has 160 valence electrons. The number of nitrogens with zero attached hydrogens (tertiary/aromatic N) is 2. The van der Waals surface area contributed by atoms with Crippen LogP contribution in [0.25, 0.3) is 0 Å². The second-order valence-corrected chi connectivity index (χ2v) is 8.77. The molecule has 3 aliphatic heterocycles. The molecule has 0 bridgehead atoms. The zero-order valence-corrected chi connectivity index (χ0v) is 17.4. The number of morpholine rings is 1. The zero-order chi connectivity index (χ0) is 19.9. The Balaban J connectivity index is 1.36. The van der Waals surface area contributed by atoms with Crippen LogP contribution in [0.4, 0.5) is 0 Å². The highest BCUT2D eigenvalue weighted by molar-refractivity contribution is 5.79. The molecule has 29 heavy (non-hydrogen) atoms.